The lowest BCUT2D eigenvalue weighted by molar-refractivity contribution is 0.776. The summed E-state index contributed by atoms with van der Waals surface area (Å²) >= 11 is 0. The maximum atomic E-state index is 4.72. The number of allylic oxidation sites excluding steroid dienone is 4. The van der Waals surface area contributed by atoms with E-state index in [9.17, 15) is 0 Å². The Kier molecular flexibility index (Phi) is 2.42. The topological polar surface area (TPSA) is 25.8 Å². The van der Waals surface area contributed by atoms with E-state index in [-0.39, 0.29) is 5.41 Å². The second-order valence-electron chi connectivity index (χ2n) is 6.93. The Morgan fingerprint density at radius 1 is 0.760 bits per heavy atom. The second-order valence-corrected chi connectivity index (χ2v) is 6.93. The van der Waals surface area contributed by atoms with Gasteiger partial charge in [0.15, 0.2) is 0 Å². The largest absolute Gasteiger partial charge is 0.254 e. The highest BCUT2D eigenvalue weighted by molar-refractivity contribution is 5.94. The van der Waals surface area contributed by atoms with Crippen molar-refractivity contribution in [3.05, 3.63) is 101 Å². The van der Waals surface area contributed by atoms with Gasteiger partial charge in [0.2, 0.25) is 0 Å². The van der Waals surface area contributed by atoms with Gasteiger partial charge >= 0.3 is 0 Å². The smallest absolute Gasteiger partial charge is 0.0937 e. The summed E-state index contributed by atoms with van der Waals surface area (Å²) in [5.74, 6) is 0. The minimum Gasteiger partial charge on any atom is -0.254 e. The first kappa shape index (κ1) is 13.3. The van der Waals surface area contributed by atoms with Crippen LogP contribution < -0.4 is 0 Å². The summed E-state index contributed by atoms with van der Waals surface area (Å²) < 4.78 is 0. The first-order valence-corrected chi connectivity index (χ1v) is 8.84. The molecule has 0 radical (unpaired) electrons. The van der Waals surface area contributed by atoms with Crippen molar-refractivity contribution in [2.75, 3.05) is 0 Å². The molecule has 0 unspecified atom stereocenters. The number of rotatable bonds is 0. The summed E-state index contributed by atoms with van der Waals surface area (Å²) in [6.07, 6.45) is 10.6. The monoisotopic (exact) mass is 320 g/mol. The van der Waals surface area contributed by atoms with Crippen LogP contribution >= 0.6 is 0 Å². The zero-order chi connectivity index (χ0) is 16.4. The minimum atomic E-state index is -0.254. The van der Waals surface area contributed by atoms with Crippen LogP contribution in [0.25, 0.3) is 17.0 Å². The van der Waals surface area contributed by atoms with Crippen molar-refractivity contribution in [2.24, 2.45) is 0 Å². The number of benzene rings is 1. The third kappa shape index (κ3) is 1.42. The van der Waals surface area contributed by atoms with E-state index < -0.39 is 0 Å². The summed E-state index contributed by atoms with van der Waals surface area (Å²) in [5, 5.41) is 0. The van der Waals surface area contributed by atoms with E-state index in [1.165, 1.54) is 33.4 Å². The van der Waals surface area contributed by atoms with Crippen LogP contribution in [0.1, 0.15) is 35.1 Å². The van der Waals surface area contributed by atoms with Crippen LogP contribution in [0.4, 0.5) is 0 Å². The number of pyridine rings is 2. The van der Waals surface area contributed by atoms with Crippen molar-refractivity contribution in [3.8, 4) is 11.4 Å². The van der Waals surface area contributed by atoms with Gasteiger partial charge in [0.1, 0.15) is 0 Å². The molecule has 6 rings (SSSR count). The molecule has 0 atom stereocenters. The fourth-order valence-electron chi connectivity index (χ4n) is 5.03. The van der Waals surface area contributed by atoms with Crippen LogP contribution in [0.3, 0.4) is 0 Å². The van der Waals surface area contributed by atoms with Gasteiger partial charge < -0.3 is 0 Å². The Labute approximate surface area is 146 Å². The SMILES string of the molecule is C1=CC2=C(CC1)c1ccccc1C21c2cccnc2-c2ncccc21. The number of hydrogen-bond acceptors (Lipinski definition) is 2. The van der Waals surface area contributed by atoms with E-state index in [2.05, 4.69) is 60.7 Å². The predicted octanol–water partition coefficient (Wildman–Crippen LogP) is 4.91. The first-order chi connectivity index (χ1) is 12.4. The quantitative estimate of drug-likeness (QED) is 0.588. The number of hydrogen-bond donors (Lipinski definition) is 0. The van der Waals surface area contributed by atoms with E-state index >= 15 is 0 Å². The molecule has 118 valence electrons. The lowest BCUT2D eigenvalue weighted by atomic mass is 9.69. The number of fused-ring (bicyclic) bond motifs is 9. The van der Waals surface area contributed by atoms with Gasteiger partial charge in [-0.05, 0) is 58.4 Å². The van der Waals surface area contributed by atoms with E-state index in [1.807, 2.05) is 12.4 Å². The van der Waals surface area contributed by atoms with E-state index in [4.69, 9.17) is 9.97 Å². The summed E-state index contributed by atoms with van der Waals surface area (Å²) in [6, 6.07) is 17.5. The van der Waals surface area contributed by atoms with Gasteiger partial charge in [-0.25, -0.2) is 0 Å². The van der Waals surface area contributed by atoms with Crippen LogP contribution in [-0.4, -0.2) is 9.97 Å². The van der Waals surface area contributed by atoms with Gasteiger partial charge in [-0.2, -0.15) is 0 Å². The summed E-state index contributed by atoms with van der Waals surface area (Å²) in [7, 11) is 0. The molecule has 0 fully saturated rings. The van der Waals surface area contributed by atoms with Crippen molar-refractivity contribution in [3.63, 3.8) is 0 Å². The van der Waals surface area contributed by atoms with Gasteiger partial charge in [0.25, 0.3) is 0 Å². The van der Waals surface area contributed by atoms with Crippen LogP contribution in [0, 0.1) is 0 Å². The molecule has 25 heavy (non-hydrogen) atoms. The second kappa shape index (κ2) is 4.54. The van der Waals surface area contributed by atoms with Crippen LogP contribution in [-0.2, 0) is 5.41 Å². The maximum absolute atomic E-state index is 4.72. The van der Waals surface area contributed by atoms with E-state index in [0.717, 1.165) is 24.2 Å². The molecule has 0 bridgehead atoms. The Bertz CT molecular complexity index is 1060. The standard InChI is InChI=1S/C23H16N2/c1-3-9-17-15(7-1)16-8-2-4-10-18(16)23(17)19-11-5-13-24-21(19)22-20(23)12-6-14-25-22/h1,3-7,9-14H,2,8H2. The van der Waals surface area contributed by atoms with Crippen LogP contribution in [0.2, 0.25) is 0 Å². The minimum absolute atomic E-state index is 0.254. The normalized spacial score (nSPS) is 18.1. The summed E-state index contributed by atoms with van der Waals surface area (Å²) in [5.41, 5.74) is 10.0. The Morgan fingerprint density at radius 3 is 2.20 bits per heavy atom. The lowest BCUT2D eigenvalue weighted by Gasteiger charge is -2.31. The van der Waals surface area contributed by atoms with Crippen molar-refractivity contribution in [1.29, 1.82) is 0 Å². The van der Waals surface area contributed by atoms with Crippen molar-refractivity contribution in [2.45, 2.75) is 18.3 Å². The van der Waals surface area contributed by atoms with Crippen molar-refractivity contribution in [1.82, 2.24) is 9.97 Å². The van der Waals surface area contributed by atoms with Gasteiger partial charge in [0.05, 0.1) is 16.8 Å². The summed E-state index contributed by atoms with van der Waals surface area (Å²) in [4.78, 5) is 9.44. The molecule has 3 aliphatic rings. The molecule has 2 nitrogen and oxygen atoms in total. The van der Waals surface area contributed by atoms with E-state index in [0.29, 0.717) is 0 Å². The average Bonchev–Trinajstić information content (AvgIpc) is 3.16. The molecule has 0 saturated carbocycles. The molecule has 1 aromatic carbocycles. The molecule has 2 heteroatoms. The van der Waals surface area contributed by atoms with Crippen LogP contribution in [0.15, 0.2) is 78.6 Å². The Balaban J connectivity index is 1.84. The average molecular weight is 320 g/mol. The predicted molar refractivity (Wildman–Crippen MR) is 99.1 cm³/mol. The number of nitrogens with zero attached hydrogens (tertiary/aromatic N) is 2. The molecule has 0 amide bonds. The molecular weight excluding hydrogens is 304 g/mol. The number of aromatic nitrogens is 2. The molecular formula is C23H16N2. The molecule has 2 aromatic heterocycles. The highest BCUT2D eigenvalue weighted by atomic mass is 14.8. The Hall–Kier alpha value is -3.00. The van der Waals surface area contributed by atoms with Crippen molar-refractivity contribution >= 4 is 5.57 Å². The highest BCUT2D eigenvalue weighted by Crippen LogP contribution is 2.62. The van der Waals surface area contributed by atoms with Gasteiger partial charge in [-0.1, -0.05) is 48.6 Å². The zero-order valence-corrected chi connectivity index (χ0v) is 13.7. The molecule has 2 heterocycles. The molecule has 3 aromatic rings. The maximum Gasteiger partial charge on any atom is 0.0937 e. The highest BCUT2D eigenvalue weighted by Gasteiger charge is 2.53. The zero-order valence-electron chi connectivity index (χ0n) is 13.7. The van der Waals surface area contributed by atoms with Crippen molar-refractivity contribution < 1.29 is 0 Å². The first-order valence-electron chi connectivity index (χ1n) is 8.84. The van der Waals surface area contributed by atoms with Gasteiger partial charge in [0, 0.05) is 12.4 Å². The fourth-order valence-corrected chi connectivity index (χ4v) is 5.03. The van der Waals surface area contributed by atoms with Gasteiger partial charge in [-0.15, -0.1) is 0 Å². The molecule has 0 saturated heterocycles. The van der Waals surface area contributed by atoms with Gasteiger partial charge in [-0.3, -0.25) is 9.97 Å². The fraction of sp³-hybridized carbons (Fsp3) is 0.130. The third-order valence-corrected chi connectivity index (χ3v) is 5.88. The Morgan fingerprint density at radius 2 is 1.44 bits per heavy atom. The molecule has 1 spiro atoms. The lowest BCUT2D eigenvalue weighted by Crippen LogP contribution is -2.27. The van der Waals surface area contributed by atoms with E-state index in [1.54, 1.807) is 0 Å². The summed E-state index contributed by atoms with van der Waals surface area (Å²) in [6.45, 7) is 0. The third-order valence-electron chi connectivity index (χ3n) is 5.88. The molecule has 0 N–H and O–H groups in total. The molecule has 0 aliphatic heterocycles. The van der Waals surface area contributed by atoms with Crippen LogP contribution in [0.5, 0.6) is 0 Å². The molecule has 3 aliphatic carbocycles.